The Balaban J connectivity index is 0.000000998. The first-order valence-electron chi connectivity index (χ1n) is 12.4. The van der Waals surface area contributed by atoms with E-state index in [0.29, 0.717) is 11.8 Å². The van der Waals surface area contributed by atoms with Crippen LogP contribution >= 0.6 is 11.8 Å². The van der Waals surface area contributed by atoms with Crippen LogP contribution in [0.15, 0.2) is 23.8 Å². The normalized spacial score (nSPS) is 41.9. The van der Waals surface area contributed by atoms with E-state index in [1.165, 1.54) is 19.1 Å². The number of hydrogen-bond donors (Lipinski definition) is 2. The number of aliphatic hydroxyl groups excluding tert-OH is 1. The van der Waals surface area contributed by atoms with Crippen molar-refractivity contribution >= 4 is 34.8 Å². The molecule has 212 valence electrons. The zero-order chi connectivity index (χ0) is 28.8. The third kappa shape index (κ3) is 5.02. The van der Waals surface area contributed by atoms with Gasteiger partial charge in [0.25, 0.3) is 0 Å². The van der Waals surface area contributed by atoms with Gasteiger partial charge < -0.3 is 24.9 Å². The molecule has 4 rings (SSSR count). The Kier molecular flexibility index (Phi) is 10.3. The van der Waals surface area contributed by atoms with Gasteiger partial charge in [-0.15, -0.1) is 0 Å². The van der Waals surface area contributed by atoms with Gasteiger partial charge in [0.05, 0.1) is 6.10 Å². The summed E-state index contributed by atoms with van der Waals surface area (Å²) >= 11 is 0.396. The zero-order valence-electron chi connectivity index (χ0n) is 22.5. The molecule has 0 spiro atoms. The number of halogens is 3. The Labute approximate surface area is 251 Å². The summed E-state index contributed by atoms with van der Waals surface area (Å²) in [4.78, 5) is 46.2. The number of carboxylic acid groups (broad SMARTS) is 2. The van der Waals surface area contributed by atoms with Crippen molar-refractivity contribution in [1.29, 1.82) is 0 Å². The summed E-state index contributed by atoms with van der Waals surface area (Å²) in [7, 11) is 0. The second-order valence-corrected chi connectivity index (χ2v) is 11.7. The molecule has 4 aliphatic rings. The molecule has 8 nitrogen and oxygen atoms in total. The molecule has 0 aromatic rings. The van der Waals surface area contributed by atoms with Crippen molar-refractivity contribution in [3.63, 3.8) is 0 Å². The number of rotatable bonds is 4. The van der Waals surface area contributed by atoms with Crippen molar-refractivity contribution in [1.82, 2.24) is 0 Å². The molecule has 0 aromatic carbocycles. The van der Waals surface area contributed by atoms with E-state index in [0.717, 1.165) is 6.08 Å². The van der Waals surface area contributed by atoms with Gasteiger partial charge in [-0.25, -0.2) is 13.2 Å². The maximum atomic E-state index is 17.2. The van der Waals surface area contributed by atoms with Crippen LogP contribution in [0.1, 0.15) is 53.4 Å². The van der Waals surface area contributed by atoms with E-state index in [1.54, 1.807) is 20.8 Å². The first-order chi connectivity index (χ1) is 17.6. The summed E-state index contributed by atoms with van der Waals surface area (Å²) in [6, 6.07) is -1.02. The topological polar surface area (TPSA) is 141 Å². The third-order valence-corrected chi connectivity index (χ3v) is 9.90. The SMILES string of the molecule is CCC(=O)O[C@]1(C(=O)SCF)[C@H](C)C[C@H]2[C@@H]3C[C@H](F)C4=CC(=O)C=C[C@]4(C)[C@@]3(F)[C@@H](O)C[C@@]21C.O=C([O-])O.[Na+]. The molecule has 0 heterocycles. The minimum atomic E-state index is -2.30. The van der Waals surface area contributed by atoms with Crippen LogP contribution in [0.25, 0.3) is 0 Å². The van der Waals surface area contributed by atoms with Gasteiger partial charge in [-0.3, -0.25) is 14.4 Å². The first-order valence-corrected chi connectivity index (χ1v) is 13.4. The number of alkyl halides is 3. The second-order valence-electron chi connectivity index (χ2n) is 10.9. The molecule has 39 heavy (non-hydrogen) atoms. The van der Waals surface area contributed by atoms with Gasteiger partial charge in [0.15, 0.2) is 17.1 Å². The number of ketones is 1. The van der Waals surface area contributed by atoms with E-state index in [-0.39, 0.29) is 60.8 Å². The van der Waals surface area contributed by atoms with E-state index < -0.39 is 81.2 Å². The first kappa shape index (κ1) is 33.9. The maximum absolute atomic E-state index is 17.2. The van der Waals surface area contributed by atoms with Gasteiger partial charge in [-0.2, -0.15) is 0 Å². The molecular formula is C26H32F3NaO8S. The van der Waals surface area contributed by atoms with Crippen molar-refractivity contribution in [3.8, 4) is 0 Å². The minimum absolute atomic E-state index is 0. The summed E-state index contributed by atoms with van der Waals surface area (Å²) in [5.41, 5.74) is -6.84. The van der Waals surface area contributed by atoms with E-state index in [9.17, 15) is 23.9 Å². The molecule has 0 unspecified atom stereocenters. The Morgan fingerprint density at radius 3 is 2.36 bits per heavy atom. The Hall–Kier alpha value is -1.34. The molecule has 13 heteroatoms. The van der Waals surface area contributed by atoms with Crippen molar-refractivity contribution in [3.05, 3.63) is 23.8 Å². The van der Waals surface area contributed by atoms with E-state index >= 15 is 8.78 Å². The Morgan fingerprint density at radius 1 is 1.23 bits per heavy atom. The average Bonchev–Trinajstić information content (AvgIpc) is 3.04. The summed E-state index contributed by atoms with van der Waals surface area (Å²) in [6.45, 7) is 6.45. The van der Waals surface area contributed by atoms with Gasteiger partial charge in [0.2, 0.25) is 11.3 Å². The minimum Gasteiger partial charge on any atom is -0.565 e. The number of esters is 1. The van der Waals surface area contributed by atoms with Gasteiger partial charge in [0.1, 0.15) is 12.2 Å². The fourth-order valence-electron chi connectivity index (χ4n) is 7.63. The predicted molar refractivity (Wildman–Crippen MR) is 129 cm³/mol. The molecule has 0 radical (unpaired) electrons. The molecule has 0 bridgehead atoms. The monoisotopic (exact) mass is 584 g/mol. The van der Waals surface area contributed by atoms with Gasteiger partial charge in [-0.05, 0) is 61.6 Å². The number of allylic oxidation sites excluding steroid dienone is 4. The molecule has 3 saturated carbocycles. The molecule has 0 aliphatic heterocycles. The van der Waals surface area contributed by atoms with Crippen LogP contribution < -0.4 is 34.7 Å². The fraction of sp³-hybridized carbons (Fsp3) is 0.692. The van der Waals surface area contributed by atoms with Crippen LogP contribution in [0, 0.1) is 28.6 Å². The molecule has 0 saturated heterocycles. The van der Waals surface area contributed by atoms with Crippen molar-refractivity contribution < 1.29 is 82.0 Å². The van der Waals surface area contributed by atoms with Crippen LogP contribution in [0.5, 0.6) is 0 Å². The third-order valence-electron chi connectivity index (χ3n) is 9.22. The number of fused-ring (bicyclic) bond motifs is 5. The Bertz CT molecular complexity index is 1080. The fourth-order valence-corrected chi connectivity index (χ4v) is 8.42. The van der Waals surface area contributed by atoms with Crippen LogP contribution in [-0.2, 0) is 19.1 Å². The number of thioether (sulfide) groups is 1. The molecule has 0 aromatic heterocycles. The predicted octanol–water partition coefficient (Wildman–Crippen LogP) is 0.322. The largest absolute Gasteiger partial charge is 1.00 e. The number of hydrogen-bond acceptors (Lipinski definition) is 8. The summed E-state index contributed by atoms with van der Waals surface area (Å²) in [6.07, 6.45) is -1.92. The van der Waals surface area contributed by atoms with Crippen molar-refractivity contribution in [2.75, 3.05) is 6.01 Å². The van der Waals surface area contributed by atoms with Crippen LogP contribution in [0.4, 0.5) is 18.0 Å². The quantitative estimate of drug-likeness (QED) is 0.353. The van der Waals surface area contributed by atoms with E-state index in [4.69, 9.17) is 19.7 Å². The number of carbonyl (C=O) groups excluding carboxylic acids is 3. The summed E-state index contributed by atoms with van der Waals surface area (Å²) in [5, 5.41) is 26.0. The maximum Gasteiger partial charge on any atom is 1.00 e. The van der Waals surface area contributed by atoms with Gasteiger partial charge in [-0.1, -0.05) is 26.8 Å². The molecule has 3 fully saturated rings. The second kappa shape index (κ2) is 11.9. The summed E-state index contributed by atoms with van der Waals surface area (Å²) < 4.78 is 51.8. The smallest absolute Gasteiger partial charge is 0.565 e. The molecular weight excluding hydrogens is 552 g/mol. The van der Waals surface area contributed by atoms with Gasteiger partial charge in [0, 0.05) is 29.1 Å². The number of aliphatic hydroxyl groups is 1. The van der Waals surface area contributed by atoms with E-state index in [1.807, 2.05) is 0 Å². The van der Waals surface area contributed by atoms with Crippen LogP contribution in [0.2, 0.25) is 0 Å². The Morgan fingerprint density at radius 2 is 1.82 bits per heavy atom. The molecule has 2 N–H and O–H groups in total. The van der Waals surface area contributed by atoms with Crippen LogP contribution in [-0.4, -0.2) is 62.8 Å². The number of ether oxygens (including phenoxy) is 1. The van der Waals surface area contributed by atoms with Gasteiger partial charge >= 0.3 is 35.5 Å². The van der Waals surface area contributed by atoms with Crippen molar-refractivity contribution in [2.45, 2.75) is 76.9 Å². The van der Waals surface area contributed by atoms with Crippen LogP contribution in [0.3, 0.4) is 0 Å². The molecule has 4 aliphatic carbocycles. The van der Waals surface area contributed by atoms with E-state index in [2.05, 4.69) is 0 Å². The standard InChI is InChI=1S/C25H31F3O5S.CH2O3.Na/c1-5-20(31)33-25(21(32)34-12-26)13(2)8-15-16-10-18(27)17-9-14(29)6-7-22(17,3)24(16,28)19(30)11-23(15,25)4;2-1(3)4;/h6-7,9,13,15-16,18-19,30H,5,8,10-12H2,1-4H3;(H2,2,3,4);/q;;+1/p-1/t13-,15+,16+,18+,19+,22+,23+,24+,25+;;/m1../s1. The average molecular weight is 585 g/mol. The zero-order valence-corrected chi connectivity index (χ0v) is 25.4. The number of carbonyl (C=O) groups is 4. The van der Waals surface area contributed by atoms with Crippen molar-refractivity contribution in [2.24, 2.45) is 28.6 Å². The summed E-state index contributed by atoms with van der Waals surface area (Å²) in [5.74, 6) is -3.30. The molecule has 0 amide bonds. The molecule has 9 atom stereocenters.